The molecule has 148 valence electrons. The molecule has 1 aromatic heterocycles. The minimum atomic E-state index is -3.49. The van der Waals surface area contributed by atoms with Crippen LogP contribution in [0, 0.1) is 0 Å². The summed E-state index contributed by atoms with van der Waals surface area (Å²) in [7, 11) is -3.49. The Labute approximate surface area is 165 Å². The Morgan fingerprint density at radius 1 is 1.15 bits per heavy atom. The summed E-state index contributed by atoms with van der Waals surface area (Å²) < 4.78 is 27.0. The second-order valence-electron chi connectivity index (χ2n) is 6.34. The third-order valence-corrected chi connectivity index (χ3v) is 6.09. The van der Waals surface area contributed by atoms with E-state index in [1.807, 2.05) is 6.92 Å². The molecule has 27 heavy (non-hydrogen) atoms. The fourth-order valence-corrected chi connectivity index (χ4v) is 4.51. The highest BCUT2D eigenvalue weighted by atomic mass is 35.5. The lowest BCUT2D eigenvalue weighted by Gasteiger charge is -2.06. The maximum absolute atomic E-state index is 12.8. The SMILES string of the molecule is CCCC/C(=N\N=C(N)N)c1cn(S(=O)(=O)CCCC)c2ccc(Cl)cc12. The molecule has 0 atom stereocenters. The lowest BCUT2D eigenvalue weighted by Crippen LogP contribution is -2.22. The highest BCUT2D eigenvalue weighted by Crippen LogP contribution is 2.28. The molecule has 0 amide bonds. The van der Waals surface area contributed by atoms with Crippen molar-refractivity contribution in [2.24, 2.45) is 21.7 Å². The molecule has 0 bridgehead atoms. The van der Waals surface area contributed by atoms with Gasteiger partial charge in [-0.3, -0.25) is 0 Å². The van der Waals surface area contributed by atoms with Crippen molar-refractivity contribution in [2.75, 3.05) is 5.75 Å². The maximum Gasteiger partial charge on any atom is 0.238 e. The number of fused-ring (bicyclic) bond motifs is 1. The summed E-state index contributed by atoms with van der Waals surface area (Å²) in [5, 5.41) is 9.17. The van der Waals surface area contributed by atoms with Crippen LogP contribution in [0.4, 0.5) is 0 Å². The predicted molar refractivity (Wildman–Crippen MR) is 113 cm³/mol. The normalized spacial score (nSPS) is 12.5. The van der Waals surface area contributed by atoms with Gasteiger partial charge in [-0.15, -0.1) is 5.10 Å². The van der Waals surface area contributed by atoms with E-state index in [1.165, 1.54) is 3.97 Å². The molecule has 0 spiro atoms. The first kappa shape index (κ1) is 21.2. The fraction of sp³-hybridized carbons (Fsp3) is 0.444. The first-order valence-electron chi connectivity index (χ1n) is 8.99. The quantitative estimate of drug-likeness (QED) is 0.373. The summed E-state index contributed by atoms with van der Waals surface area (Å²) in [5.41, 5.74) is 12.7. The summed E-state index contributed by atoms with van der Waals surface area (Å²) in [6.45, 7) is 4.02. The van der Waals surface area contributed by atoms with E-state index in [4.69, 9.17) is 23.1 Å². The van der Waals surface area contributed by atoms with Gasteiger partial charge in [0.05, 0.1) is 17.0 Å². The number of hydrogen-bond acceptors (Lipinski definition) is 4. The molecule has 1 heterocycles. The first-order valence-corrected chi connectivity index (χ1v) is 11.0. The van der Waals surface area contributed by atoms with Crippen LogP contribution >= 0.6 is 11.6 Å². The molecule has 7 nitrogen and oxygen atoms in total. The zero-order valence-corrected chi connectivity index (χ0v) is 17.2. The number of aromatic nitrogens is 1. The highest BCUT2D eigenvalue weighted by molar-refractivity contribution is 7.90. The van der Waals surface area contributed by atoms with Crippen molar-refractivity contribution >= 4 is 44.2 Å². The van der Waals surface area contributed by atoms with E-state index in [9.17, 15) is 8.42 Å². The molecule has 0 aliphatic heterocycles. The van der Waals surface area contributed by atoms with Crippen molar-refractivity contribution in [3.63, 3.8) is 0 Å². The Bertz CT molecular complexity index is 960. The van der Waals surface area contributed by atoms with Gasteiger partial charge in [-0.05, 0) is 37.5 Å². The molecule has 0 radical (unpaired) electrons. The summed E-state index contributed by atoms with van der Waals surface area (Å²) in [6, 6.07) is 5.14. The Hall–Kier alpha value is -2.06. The molecule has 0 saturated carbocycles. The molecule has 0 saturated heterocycles. The van der Waals surface area contributed by atoms with Crippen LogP contribution in [-0.2, 0) is 10.0 Å². The van der Waals surface area contributed by atoms with Gasteiger partial charge in [0.15, 0.2) is 0 Å². The lowest BCUT2D eigenvalue weighted by molar-refractivity contribution is 0.585. The van der Waals surface area contributed by atoms with Crippen LogP contribution < -0.4 is 11.5 Å². The van der Waals surface area contributed by atoms with Crippen LogP contribution in [0.15, 0.2) is 34.6 Å². The van der Waals surface area contributed by atoms with Crippen LogP contribution in [-0.4, -0.2) is 29.8 Å². The molecule has 9 heteroatoms. The number of nitrogens with zero attached hydrogens (tertiary/aromatic N) is 3. The van der Waals surface area contributed by atoms with Crippen molar-refractivity contribution < 1.29 is 8.42 Å². The Morgan fingerprint density at radius 2 is 1.85 bits per heavy atom. The Balaban J connectivity index is 2.69. The average molecular weight is 412 g/mol. The molecule has 4 N–H and O–H groups in total. The molecule has 0 aliphatic carbocycles. The van der Waals surface area contributed by atoms with Crippen LogP contribution in [0.25, 0.3) is 10.9 Å². The molecule has 0 fully saturated rings. The molecule has 1 aromatic carbocycles. The van der Waals surface area contributed by atoms with Crippen molar-refractivity contribution in [1.82, 2.24) is 3.97 Å². The third kappa shape index (κ3) is 5.23. The first-order chi connectivity index (χ1) is 12.8. The maximum atomic E-state index is 12.8. The van der Waals surface area contributed by atoms with E-state index in [-0.39, 0.29) is 11.7 Å². The number of benzene rings is 1. The van der Waals surface area contributed by atoms with Crippen LogP contribution in [0.3, 0.4) is 0 Å². The van der Waals surface area contributed by atoms with Gasteiger partial charge in [0.1, 0.15) is 0 Å². The molecule has 0 aliphatic rings. The molecular weight excluding hydrogens is 386 g/mol. The summed E-state index contributed by atoms with van der Waals surface area (Å²) in [5.74, 6) is -0.0774. The number of nitrogens with two attached hydrogens (primary N) is 2. The van der Waals surface area contributed by atoms with Gasteiger partial charge in [-0.1, -0.05) is 38.3 Å². The molecule has 0 unspecified atom stereocenters. The predicted octanol–water partition coefficient (Wildman–Crippen LogP) is 3.44. The van der Waals surface area contributed by atoms with Crippen LogP contribution in [0.1, 0.15) is 51.5 Å². The van der Waals surface area contributed by atoms with Gasteiger partial charge in [-0.2, -0.15) is 5.10 Å². The van der Waals surface area contributed by atoms with Crippen molar-refractivity contribution in [1.29, 1.82) is 0 Å². The van der Waals surface area contributed by atoms with E-state index in [0.29, 0.717) is 40.0 Å². The van der Waals surface area contributed by atoms with Gasteiger partial charge in [0.25, 0.3) is 0 Å². The second kappa shape index (κ2) is 9.23. The number of halogens is 1. The van der Waals surface area contributed by atoms with E-state index in [0.717, 1.165) is 19.3 Å². The number of hydrogen-bond donors (Lipinski definition) is 2. The minimum Gasteiger partial charge on any atom is -0.369 e. The smallest absolute Gasteiger partial charge is 0.238 e. The van der Waals surface area contributed by atoms with E-state index in [1.54, 1.807) is 24.4 Å². The summed E-state index contributed by atoms with van der Waals surface area (Å²) in [6.07, 6.45) is 5.43. The summed E-state index contributed by atoms with van der Waals surface area (Å²) in [4.78, 5) is 0. The molecular formula is C18H26ClN5O2S. The largest absolute Gasteiger partial charge is 0.369 e. The van der Waals surface area contributed by atoms with Gasteiger partial charge in [-0.25, -0.2) is 12.4 Å². The topological polar surface area (TPSA) is 116 Å². The standard InChI is InChI=1S/C18H26ClN5O2S/c1-3-5-7-16(22-23-18(20)21)15-12-24(27(25,26)10-6-4-2)17-9-8-13(19)11-14(15)17/h8-9,11-12H,3-7,10H2,1-2H3,(H4,20,21,23)/b22-16+. The minimum absolute atomic E-state index is 0.0741. The van der Waals surface area contributed by atoms with E-state index < -0.39 is 10.0 Å². The Kier molecular flexibility index (Phi) is 7.26. The zero-order chi connectivity index (χ0) is 20.0. The lowest BCUT2D eigenvalue weighted by atomic mass is 10.0. The summed E-state index contributed by atoms with van der Waals surface area (Å²) >= 11 is 6.17. The highest BCUT2D eigenvalue weighted by Gasteiger charge is 2.21. The average Bonchev–Trinajstić information content (AvgIpc) is 2.99. The zero-order valence-electron chi connectivity index (χ0n) is 15.7. The third-order valence-electron chi connectivity index (χ3n) is 4.15. The van der Waals surface area contributed by atoms with Crippen LogP contribution in [0.5, 0.6) is 0 Å². The number of unbranched alkanes of at least 4 members (excludes halogenated alkanes) is 2. The second-order valence-corrected chi connectivity index (χ2v) is 8.75. The van der Waals surface area contributed by atoms with Crippen LogP contribution in [0.2, 0.25) is 5.02 Å². The molecule has 2 rings (SSSR count). The fourth-order valence-electron chi connectivity index (χ4n) is 2.76. The van der Waals surface area contributed by atoms with E-state index in [2.05, 4.69) is 17.1 Å². The van der Waals surface area contributed by atoms with Crippen molar-refractivity contribution in [2.45, 2.75) is 46.0 Å². The monoisotopic (exact) mass is 411 g/mol. The van der Waals surface area contributed by atoms with Gasteiger partial charge < -0.3 is 11.5 Å². The van der Waals surface area contributed by atoms with Gasteiger partial charge in [0, 0.05) is 22.2 Å². The van der Waals surface area contributed by atoms with Gasteiger partial charge >= 0.3 is 0 Å². The van der Waals surface area contributed by atoms with Crippen molar-refractivity contribution in [3.8, 4) is 0 Å². The van der Waals surface area contributed by atoms with Gasteiger partial charge in [0.2, 0.25) is 16.0 Å². The van der Waals surface area contributed by atoms with E-state index >= 15 is 0 Å². The van der Waals surface area contributed by atoms with Crippen molar-refractivity contribution in [3.05, 3.63) is 35.0 Å². The molecule has 2 aromatic rings. The Morgan fingerprint density at radius 3 is 2.48 bits per heavy atom. The number of rotatable bonds is 9. The number of guanidine groups is 1.